The number of benzene rings is 1. The average Bonchev–Trinajstić information content (AvgIpc) is 3.22. The molecule has 1 aromatic carbocycles. The molecule has 0 spiro atoms. The van der Waals surface area contributed by atoms with Gasteiger partial charge in [-0.05, 0) is 47.1 Å². The van der Waals surface area contributed by atoms with E-state index in [-0.39, 0.29) is 0 Å². The van der Waals surface area contributed by atoms with Crippen LogP contribution in [-0.2, 0) is 7.05 Å². The second-order valence-corrected chi connectivity index (χ2v) is 9.87. The minimum absolute atomic E-state index is 0.425. The number of nitrogens with zero attached hydrogens (tertiary/aromatic N) is 6. The van der Waals surface area contributed by atoms with Crippen LogP contribution in [-0.4, -0.2) is 49.8 Å². The van der Waals surface area contributed by atoms with Gasteiger partial charge in [0, 0.05) is 55.7 Å². The molecule has 0 unspecified atom stereocenters. The van der Waals surface area contributed by atoms with Crippen molar-refractivity contribution in [3.8, 4) is 11.4 Å². The van der Waals surface area contributed by atoms with Crippen molar-refractivity contribution >= 4 is 39.9 Å². The molecule has 1 saturated heterocycles. The SMILES string of the molecule is CSCC1CN(c2ccc(C(C)C)c3cc(Nc4ccnc(-c5cnn(C)c5)n4)ncc23)C1. The lowest BCUT2D eigenvalue weighted by molar-refractivity contribution is 0.456. The first kappa shape index (κ1) is 21.7. The monoisotopic (exact) mass is 459 g/mol. The number of thioether (sulfide) groups is 1. The minimum atomic E-state index is 0.425. The molecule has 0 saturated carbocycles. The summed E-state index contributed by atoms with van der Waals surface area (Å²) in [6, 6.07) is 8.56. The number of hydrogen-bond acceptors (Lipinski definition) is 7. The molecule has 1 N–H and O–H groups in total. The maximum absolute atomic E-state index is 4.75. The van der Waals surface area contributed by atoms with Gasteiger partial charge >= 0.3 is 0 Å². The van der Waals surface area contributed by atoms with Gasteiger partial charge in [0.2, 0.25) is 0 Å². The first-order chi connectivity index (χ1) is 16.0. The van der Waals surface area contributed by atoms with Crippen molar-refractivity contribution in [3.63, 3.8) is 0 Å². The zero-order valence-corrected chi connectivity index (χ0v) is 20.3. The van der Waals surface area contributed by atoms with Crippen LogP contribution < -0.4 is 10.2 Å². The summed E-state index contributed by atoms with van der Waals surface area (Å²) < 4.78 is 1.75. The van der Waals surface area contributed by atoms with Crippen molar-refractivity contribution in [2.75, 3.05) is 35.3 Å². The normalized spacial score (nSPS) is 14.2. The fraction of sp³-hybridized carbons (Fsp3) is 0.360. The van der Waals surface area contributed by atoms with E-state index in [1.807, 2.05) is 37.3 Å². The third kappa shape index (κ3) is 4.39. The topological polar surface area (TPSA) is 71.8 Å². The van der Waals surface area contributed by atoms with Crippen LogP contribution in [0.25, 0.3) is 22.2 Å². The maximum Gasteiger partial charge on any atom is 0.164 e. The van der Waals surface area contributed by atoms with Crippen molar-refractivity contribution in [1.82, 2.24) is 24.7 Å². The predicted molar refractivity (Wildman–Crippen MR) is 137 cm³/mol. The Hall–Kier alpha value is -3.13. The lowest BCUT2D eigenvalue weighted by Gasteiger charge is -2.41. The molecule has 5 rings (SSSR count). The number of aryl methyl sites for hydroxylation is 1. The Labute approximate surface area is 198 Å². The Kier molecular flexibility index (Phi) is 5.93. The summed E-state index contributed by atoms with van der Waals surface area (Å²) in [6.45, 7) is 6.72. The molecule has 0 atom stereocenters. The molecule has 33 heavy (non-hydrogen) atoms. The van der Waals surface area contributed by atoms with Crippen molar-refractivity contribution in [2.45, 2.75) is 19.8 Å². The Bertz CT molecular complexity index is 1280. The van der Waals surface area contributed by atoms with E-state index in [0.29, 0.717) is 17.6 Å². The Morgan fingerprint density at radius 3 is 2.67 bits per heavy atom. The van der Waals surface area contributed by atoms with Gasteiger partial charge in [-0.15, -0.1) is 0 Å². The van der Waals surface area contributed by atoms with Gasteiger partial charge in [0.1, 0.15) is 11.6 Å². The van der Waals surface area contributed by atoms with Gasteiger partial charge in [-0.1, -0.05) is 19.9 Å². The Morgan fingerprint density at radius 2 is 1.94 bits per heavy atom. The van der Waals surface area contributed by atoms with Crippen LogP contribution in [0.4, 0.5) is 17.3 Å². The fourth-order valence-electron chi connectivity index (χ4n) is 4.44. The standard InChI is InChI=1S/C25H29N7S/c1-16(2)19-5-6-22(32-12-17(13-32)15-33-4)21-11-27-24(9-20(19)21)29-23-7-8-26-25(30-23)18-10-28-31(3)14-18/h5-11,14,16-17H,12-13,15H2,1-4H3,(H,26,27,29,30). The molecule has 0 bridgehead atoms. The molecule has 1 fully saturated rings. The number of pyridine rings is 1. The third-order valence-corrected chi connectivity index (χ3v) is 6.91. The van der Waals surface area contributed by atoms with Crippen molar-refractivity contribution in [2.24, 2.45) is 13.0 Å². The van der Waals surface area contributed by atoms with E-state index in [9.17, 15) is 0 Å². The highest BCUT2D eigenvalue weighted by Crippen LogP contribution is 2.37. The number of nitrogens with one attached hydrogen (secondary N) is 1. The van der Waals surface area contributed by atoms with Crippen molar-refractivity contribution in [3.05, 3.63) is 54.6 Å². The van der Waals surface area contributed by atoms with Gasteiger partial charge in [0.05, 0.1) is 11.8 Å². The van der Waals surface area contributed by atoms with Gasteiger partial charge in [-0.3, -0.25) is 4.68 Å². The summed E-state index contributed by atoms with van der Waals surface area (Å²) in [5.41, 5.74) is 3.50. The number of fused-ring (bicyclic) bond motifs is 1. The molecule has 1 aliphatic rings. The van der Waals surface area contributed by atoms with Crippen molar-refractivity contribution in [1.29, 1.82) is 0 Å². The van der Waals surface area contributed by atoms with E-state index < -0.39 is 0 Å². The molecule has 0 radical (unpaired) electrons. The Morgan fingerprint density at radius 1 is 1.09 bits per heavy atom. The fourth-order valence-corrected chi connectivity index (χ4v) is 5.12. The van der Waals surface area contributed by atoms with Crippen LogP contribution >= 0.6 is 11.8 Å². The van der Waals surface area contributed by atoms with Crippen LogP contribution in [0.2, 0.25) is 0 Å². The quantitative estimate of drug-likeness (QED) is 0.413. The molecule has 1 aliphatic heterocycles. The summed E-state index contributed by atoms with van der Waals surface area (Å²) in [6.07, 6.45) is 9.62. The summed E-state index contributed by atoms with van der Waals surface area (Å²) >= 11 is 1.93. The average molecular weight is 460 g/mol. The second kappa shape index (κ2) is 9.02. The van der Waals surface area contributed by atoms with Gasteiger partial charge < -0.3 is 10.2 Å². The van der Waals surface area contributed by atoms with Gasteiger partial charge in [0.15, 0.2) is 5.82 Å². The molecule has 3 aromatic heterocycles. The van der Waals surface area contributed by atoms with E-state index in [1.165, 1.54) is 27.8 Å². The lowest BCUT2D eigenvalue weighted by atomic mass is 9.93. The molecule has 0 amide bonds. The molecule has 4 aromatic rings. The number of aromatic nitrogens is 5. The maximum atomic E-state index is 4.75. The van der Waals surface area contributed by atoms with Crippen LogP contribution in [0.3, 0.4) is 0 Å². The zero-order chi connectivity index (χ0) is 22.9. The molecule has 0 aliphatic carbocycles. The predicted octanol–water partition coefficient (Wildman–Crippen LogP) is 5.09. The van der Waals surface area contributed by atoms with Gasteiger partial charge in [0.25, 0.3) is 0 Å². The minimum Gasteiger partial charge on any atom is -0.370 e. The van der Waals surface area contributed by atoms with E-state index >= 15 is 0 Å². The molecular weight excluding hydrogens is 430 g/mol. The van der Waals surface area contributed by atoms with E-state index in [1.54, 1.807) is 17.1 Å². The highest BCUT2D eigenvalue weighted by atomic mass is 32.2. The van der Waals surface area contributed by atoms with Crippen molar-refractivity contribution < 1.29 is 0 Å². The van der Waals surface area contributed by atoms with Gasteiger partial charge in [-0.2, -0.15) is 16.9 Å². The second-order valence-electron chi connectivity index (χ2n) is 8.96. The third-order valence-electron chi connectivity index (χ3n) is 6.11. The van der Waals surface area contributed by atoms with Gasteiger partial charge in [-0.25, -0.2) is 15.0 Å². The number of rotatable bonds is 7. The molecule has 170 valence electrons. The highest BCUT2D eigenvalue weighted by Gasteiger charge is 2.28. The highest BCUT2D eigenvalue weighted by molar-refractivity contribution is 7.98. The van der Waals surface area contributed by atoms with Crippen LogP contribution in [0.1, 0.15) is 25.3 Å². The molecule has 7 nitrogen and oxygen atoms in total. The smallest absolute Gasteiger partial charge is 0.164 e. The first-order valence-electron chi connectivity index (χ1n) is 11.3. The van der Waals surface area contributed by atoms with Crippen LogP contribution in [0.5, 0.6) is 0 Å². The molecule has 4 heterocycles. The van der Waals surface area contributed by atoms with Crippen LogP contribution in [0.15, 0.2) is 49.1 Å². The first-order valence-corrected chi connectivity index (χ1v) is 12.7. The summed E-state index contributed by atoms with van der Waals surface area (Å²) in [5.74, 6) is 4.55. The largest absolute Gasteiger partial charge is 0.370 e. The zero-order valence-electron chi connectivity index (χ0n) is 19.5. The lowest BCUT2D eigenvalue weighted by Crippen LogP contribution is -2.48. The summed E-state index contributed by atoms with van der Waals surface area (Å²) in [4.78, 5) is 16.3. The van der Waals surface area contributed by atoms with E-state index in [0.717, 1.165) is 30.4 Å². The number of anilines is 3. The van der Waals surface area contributed by atoms with Crippen LogP contribution in [0, 0.1) is 5.92 Å². The Balaban J connectivity index is 1.46. The van der Waals surface area contributed by atoms with E-state index in [2.05, 4.69) is 63.6 Å². The molecule has 8 heteroatoms. The number of hydrogen-bond donors (Lipinski definition) is 1. The van der Waals surface area contributed by atoms with E-state index in [4.69, 9.17) is 4.98 Å². The molecular formula is C25H29N7S. The summed E-state index contributed by atoms with van der Waals surface area (Å²) in [5, 5.41) is 10.0. The summed E-state index contributed by atoms with van der Waals surface area (Å²) in [7, 11) is 1.88.